The Morgan fingerprint density at radius 2 is 1.88 bits per heavy atom. The van der Waals surface area contributed by atoms with Gasteiger partial charge in [-0.25, -0.2) is 0 Å². The summed E-state index contributed by atoms with van der Waals surface area (Å²) >= 11 is 0. The summed E-state index contributed by atoms with van der Waals surface area (Å²) in [5, 5.41) is 9.41. The first-order valence-corrected chi connectivity index (χ1v) is 6.37. The summed E-state index contributed by atoms with van der Waals surface area (Å²) < 4.78 is 0. The van der Waals surface area contributed by atoms with Gasteiger partial charge >= 0.3 is 5.97 Å². The highest BCUT2D eigenvalue weighted by Crippen LogP contribution is 2.71. The van der Waals surface area contributed by atoms with Gasteiger partial charge in [0.2, 0.25) is 0 Å². The lowest BCUT2D eigenvalue weighted by Gasteiger charge is -2.44. The van der Waals surface area contributed by atoms with Crippen molar-refractivity contribution < 1.29 is 9.90 Å². The molecule has 2 aliphatic rings. The second-order valence-electron chi connectivity index (χ2n) is 7.19. The average Bonchev–Trinajstić information content (AvgIpc) is 2.48. The van der Waals surface area contributed by atoms with Gasteiger partial charge in [0.05, 0.1) is 5.41 Å². The first-order chi connectivity index (χ1) is 7.14. The third-order valence-corrected chi connectivity index (χ3v) is 6.22. The Morgan fingerprint density at radius 1 is 1.31 bits per heavy atom. The molecule has 2 nitrogen and oxygen atoms in total. The SMILES string of the molecule is CC(C)(C(=O)O)[C@@H]1C[C@H]2CC[C@@]1(C)C2(C)C. The molecular formula is C14H24O2. The van der Waals surface area contributed by atoms with Crippen LogP contribution in [0.25, 0.3) is 0 Å². The van der Waals surface area contributed by atoms with Crippen molar-refractivity contribution >= 4 is 5.97 Å². The van der Waals surface area contributed by atoms with Gasteiger partial charge in [-0.2, -0.15) is 0 Å². The van der Waals surface area contributed by atoms with Crippen LogP contribution in [0.2, 0.25) is 0 Å². The van der Waals surface area contributed by atoms with E-state index in [9.17, 15) is 9.90 Å². The molecule has 0 radical (unpaired) electrons. The first kappa shape index (κ1) is 11.9. The van der Waals surface area contributed by atoms with Crippen molar-refractivity contribution in [2.45, 2.75) is 53.9 Å². The minimum Gasteiger partial charge on any atom is -0.481 e. The molecule has 0 heterocycles. The van der Waals surface area contributed by atoms with Crippen molar-refractivity contribution in [1.82, 2.24) is 0 Å². The second-order valence-corrected chi connectivity index (χ2v) is 7.19. The fourth-order valence-electron chi connectivity index (χ4n) is 4.44. The molecule has 92 valence electrons. The molecule has 2 fully saturated rings. The molecule has 2 heteroatoms. The van der Waals surface area contributed by atoms with Gasteiger partial charge in [0.25, 0.3) is 0 Å². The number of carboxylic acids is 1. The zero-order valence-electron chi connectivity index (χ0n) is 11.1. The predicted octanol–water partition coefficient (Wildman–Crippen LogP) is 3.56. The van der Waals surface area contributed by atoms with Crippen LogP contribution in [0.3, 0.4) is 0 Å². The quantitative estimate of drug-likeness (QED) is 0.778. The molecule has 0 aromatic heterocycles. The number of hydrogen-bond donors (Lipinski definition) is 1. The predicted molar refractivity (Wildman–Crippen MR) is 64.1 cm³/mol. The molecule has 0 amide bonds. The van der Waals surface area contributed by atoms with Crippen LogP contribution in [0, 0.1) is 28.1 Å². The number of aliphatic carboxylic acids is 1. The Hall–Kier alpha value is -0.530. The highest BCUT2D eigenvalue weighted by molar-refractivity contribution is 5.74. The summed E-state index contributed by atoms with van der Waals surface area (Å²) in [4.78, 5) is 11.4. The maximum absolute atomic E-state index is 11.4. The summed E-state index contributed by atoms with van der Waals surface area (Å²) in [6, 6.07) is 0. The van der Waals surface area contributed by atoms with Crippen molar-refractivity contribution in [3.8, 4) is 0 Å². The number of rotatable bonds is 2. The molecule has 0 unspecified atom stereocenters. The van der Waals surface area contributed by atoms with Gasteiger partial charge < -0.3 is 5.11 Å². The Morgan fingerprint density at radius 3 is 2.19 bits per heavy atom. The van der Waals surface area contributed by atoms with Gasteiger partial charge in [0, 0.05) is 0 Å². The topological polar surface area (TPSA) is 37.3 Å². The minimum absolute atomic E-state index is 0.208. The van der Waals surface area contributed by atoms with Crippen LogP contribution in [0.1, 0.15) is 53.9 Å². The molecule has 0 aromatic carbocycles. The maximum Gasteiger partial charge on any atom is 0.309 e. The lowest BCUT2D eigenvalue weighted by atomic mass is 9.59. The Kier molecular flexibility index (Phi) is 2.26. The monoisotopic (exact) mass is 224 g/mol. The van der Waals surface area contributed by atoms with Crippen LogP contribution in [0.4, 0.5) is 0 Å². The average molecular weight is 224 g/mol. The summed E-state index contributed by atoms with van der Waals surface area (Å²) in [6.07, 6.45) is 3.59. The van der Waals surface area contributed by atoms with Gasteiger partial charge in [-0.15, -0.1) is 0 Å². The molecule has 0 saturated heterocycles. The molecule has 2 saturated carbocycles. The van der Waals surface area contributed by atoms with E-state index in [4.69, 9.17) is 0 Å². The molecule has 3 atom stereocenters. The van der Waals surface area contributed by atoms with E-state index in [1.54, 1.807) is 0 Å². The van der Waals surface area contributed by atoms with E-state index in [1.807, 2.05) is 13.8 Å². The van der Waals surface area contributed by atoms with Crippen molar-refractivity contribution in [1.29, 1.82) is 0 Å². The summed E-state index contributed by atoms with van der Waals surface area (Å²) in [7, 11) is 0. The maximum atomic E-state index is 11.4. The van der Waals surface area contributed by atoms with Gasteiger partial charge in [0.1, 0.15) is 0 Å². The van der Waals surface area contributed by atoms with E-state index < -0.39 is 11.4 Å². The Labute approximate surface area is 98.4 Å². The smallest absolute Gasteiger partial charge is 0.309 e. The number of carbonyl (C=O) groups is 1. The van der Waals surface area contributed by atoms with Gasteiger partial charge in [-0.3, -0.25) is 4.79 Å². The third-order valence-electron chi connectivity index (χ3n) is 6.22. The molecule has 0 aromatic rings. The van der Waals surface area contributed by atoms with Crippen molar-refractivity contribution in [3.63, 3.8) is 0 Å². The largest absolute Gasteiger partial charge is 0.481 e. The standard InChI is InChI=1S/C14H24O2/c1-12(2,11(15)16)10-8-9-6-7-14(10,5)13(9,3)4/h9-10H,6-8H2,1-5H3,(H,15,16)/t9-,10+,14-/m1/s1. The highest BCUT2D eigenvalue weighted by atomic mass is 16.4. The van der Waals surface area contributed by atoms with E-state index in [0.29, 0.717) is 11.3 Å². The lowest BCUT2D eigenvalue weighted by molar-refractivity contribution is -0.154. The van der Waals surface area contributed by atoms with Crippen molar-refractivity contribution in [2.75, 3.05) is 0 Å². The summed E-state index contributed by atoms with van der Waals surface area (Å²) in [5.41, 5.74) is -0.0644. The second kappa shape index (κ2) is 3.02. The highest BCUT2D eigenvalue weighted by Gasteiger charge is 2.65. The fourth-order valence-corrected chi connectivity index (χ4v) is 4.44. The molecule has 0 spiro atoms. The molecule has 16 heavy (non-hydrogen) atoms. The van der Waals surface area contributed by atoms with Crippen LogP contribution in [-0.2, 0) is 4.79 Å². The van der Waals surface area contributed by atoms with E-state index in [0.717, 1.165) is 12.3 Å². The van der Waals surface area contributed by atoms with Crippen LogP contribution in [-0.4, -0.2) is 11.1 Å². The van der Waals surface area contributed by atoms with Gasteiger partial charge in [0.15, 0.2) is 0 Å². The molecule has 1 N–H and O–H groups in total. The normalized spacial score (nSPS) is 41.3. The van der Waals surface area contributed by atoms with Gasteiger partial charge in [-0.05, 0) is 55.8 Å². The molecule has 2 bridgehead atoms. The number of hydrogen-bond acceptors (Lipinski definition) is 1. The molecule has 0 aliphatic heterocycles. The Balaban J connectivity index is 2.39. The first-order valence-electron chi connectivity index (χ1n) is 6.37. The third kappa shape index (κ3) is 1.16. The minimum atomic E-state index is -0.637. The summed E-state index contributed by atoms with van der Waals surface area (Å²) in [5.74, 6) is 0.412. The molecule has 2 aliphatic carbocycles. The van der Waals surface area contributed by atoms with Crippen molar-refractivity contribution in [3.05, 3.63) is 0 Å². The van der Waals surface area contributed by atoms with Gasteiger partial charge in [-0.1, -0.05) is 20.8 Å². The number of fused-ring (bicyclic) bond motifs is 2. The zero-order valence-corrected chi connectivity index (χ0v) is 11.1. The van der Waals surface area contributed by atoms with Crippen LogP contribution < -0.4 is 0 Å². The van der Waals surface area contributed by atoms with E-state index in [1.165, 1.54) is 12.8 Å². The van der Waals surface area contributed by atoms with Crippen molar-refractivity contribution in [2.24, 2.45) is 28.1 Å². The van der Waals surface area contributed by atoms with Crippen LogP contribution >= 0.6 is 0 Å². The number of carboxylic acid groups (broad SMARTS) is 1. The van der Waals surface area contributed by atoms with E-state index >= 15 is 0 Å². The van der Waals surface area contributed by atoms with Crippen LogP contribution in [0.15, 0.2) is 0 Å². The van der Waals surface area contributed by atoms with E-state index in [2.05, 4.69) is 20.8 Å². The Bertz CT molecular complexity index is 330. The fraction of sp³-hybridized carbons (Fsp3) is 0.929. The van der Waals surface area contributed by atoms with Crippen LogP contribution in [0.5, 0.6) is 0 Å². The zero-order chi connectivity index (χ0) is 12.4. The molecular weight excluding hydrogens is 200 g/mol. The van der Waals surface area contributed by atoms with E-state index in [-0.39, 0.29) is 5.41 Å². The lowest BCUT2D eigenvalue weighted by Crippen LogP contribution is -2.43. The summed E-state index contributed by atoms with van der Waals surface area (Å²) in [6.45, 7) is 10.8. The molecule has 2 rings (SSSR count).